The Labute approximate surface area is 113 Å². The summed E-state index contributed by atoms with van der Waals surface area (Å²) in [6.07, 6.45) is -1.87. The molecule has 0 aromatic carbocycles. The lowest BCUT2D eigenvalue weighted by atomic mass is 10.0. The summed E-state index contributed by atoms with van der Waals surface area (Å²) < 4.78 is 30.2. The molecule has 0 fully saturated rings. The van der Waals surface area contributed by atoms with Crippen LogP contribution in [0.2, 0.25) is 5.02 Å². The lowest BCUT2D eigenvalue weighted by molar-refractivity contribution is -0.142. The zero-order valence-corrected chi connectivity index (χ0v) is 11.1. The van der Waals surface area contributed by atoms with Crippen molar-refractivity contribution in [1.29, 1.82) is 0 Å². The van der Waals surface area contributed by atoms with Crippen LogP contribution in [0.15, 0.2) is 6.20 Å². The van der Waals surface area contributed by atoms with Gasteiger partial charge in [-0.05, 0) is 18.1 Å². The number of carbonyl (C=O) groups excluding carboxylic acids is 1. The minimum absolute atomic E-state index is 0.0900. The fraction of sp³-hybridized carbons (Fsp3) is 0.455. The molecule has 0 bridgehead atoms. The fourth-order valence-corrected chi connectivity index (χ4v) is 1.99. The molecule has 0 N–H and O–H groups in total. The van der Waals surface area contributed by atoms with Crippen LogP contribution in [0.5, 0.6) is 0 Å². The van der Waals surface area contributed by atoms with Crippen LogP contribution in [-0.4, -0.2) is 17.6 Å². The van der Waals surface area contributed by atoms with Crippen molar-refractivity contribution in [2.24, 2.45) is 0 Å². The summed E-state index contributed by atoms with van der Waals surface area (Å²) >= 11 is 11.5. The van der Waals surface area contributed by atoms with Crippen LogP contribution < -0.4 is 0 Å². The summed E-state index contributed by atoms with van der Waals surface area (Å²) in [4.78, 5) is 14.9. The van der Waals surface area contributed by atoms with Gasteiger partial charge in [0.1, 0.15) is 5.69 Å². The van der Waals surface area contributed by atoms with E-state index < -0.39 is 18.1 Å². The highest BCUT2D eigenvalue weighted by molar-refractivity contribution is 6.31. The van der Waals surface area contributed by atoms with Crippen LogP contribution in [0.3, 0.4) is 0 Å². The average molecular weight is 298 g/mol. The second kappa shape index (κ2) is 6.85. The second-order valence-corrected chi connectivity index (χ2v) is 4.04. The number of halogens is 4. The molecule has 1 rings (SSSR count). The monoisotopic (exact) mass is 297 g/mol. The Morgan fingerprint density at radius 2 is 2.17 bits per heavy atom. The van der Waals surface area contributed by atoms with Gasteiger partial charge >= 0.3 is 5.97 Å². The first-order valence-corrected chi connectivity index (χ1v) is 6.08. The van der Waals surface area contributed by atoms with Crippen molar-refractivity contribution in [3.05, 3.63) is 28.0 Å². The minimum Gasteiger partial charge on any atom is -0.466 e. The van der Waals surface area contributed by atoms with Crippen molar-refractivity contribution in [2.45, 2.75) is 25.7 Å². The molecule has 0 saturated carbocycles. The van der Waals surface area contributed by atoms with Crippen LogP contribution in [0.25, 0.3) is 0 Å². The maximum absolute atomic E-state index is 12.7. The van der Waals surface area contributed by atoms with Crippen molar-refractivity contribution in [2.75, 3.05) is 6.61 Å². The molecule has 0 spiro atoms. The van der Waals surface area contributed by atoms with Gasteiger partial charge in [0.15, 0.2) is 0 Å². The lowest BCUT2D eigenvalue weighted by Gasteiger charge is -2.12. The zero-order valence-electron chi connectivity index (χ0n) is 9.55. The van der Waals surface area contributed by atoms with E-state index in [1.54, 1.807) is 6.92 Å². The van der Waals surface area contributed by atoms with Gasteiger partial charge in [0.05, 0.1) is 18.1 Å². The molecule has 1 heterocycles. The van der Waals surface area contributed by atoms with Crippen LogP contribution in [0.4, 0.5) is 8.78 Å². The number of carbonyl (C=O) groups is 1. The van der Waals surface area contributed by atoms with Gasteiger partial charge < -0.3 is 4.74 Å². The normalized spacial score (nSPS) is 10.8. The molecule has 0 aliphatic rings. The Morgan fingerprint density at radius 1 is 1.50 bits per heavy atom. The molecule has 7 heteroatoms. The highest BCUT2D eigenvalue weighted by Gasteiger charge is 2.21. The van der Waals surface area contributed by atoms with Crippen molar-refractivity contribution < 1.29 is 18.3 Å². The van der Waals surface area contributed by atoms with Crippen LogP contribution in [0, 0.1) is 0 Å². The van der Waals surface area contributed by atoms with Gasteiger partial charge in [-0.15, -0.1) is 11.6 Å². The number of hydrogen-bond acceptors (Lipinski definition) is 3. The van der Waals surface area contributed by atoms with E-state index in [9.17, 15) is 13.6 Å². The van der Waals surface area contributed by atoms with Crippen molar-refractivity contribution in [3.63, 3.8) is 0 Å². The van der Waals surface area contributed by atoms with E-state index in [4.69, 9.17) is 27.9 Å². The molecule has 0 atom stereocenters. The van der Waals surface area contributed by atoms with E-state index >= 15 is 0 Å². The van der Waals surface area contributed by atoms with Gasteiger partial charge in [-0.3, -0.25) is 9.78 Å². The molecular formula is C11H11Cl2F2NO2. The molecule has 100 valence electrons. The SMILES string of the molecule is CCOC(=O)Cc1c(Cl)cnc(C(F)F)c1CCl. The molecular weight excluding hydrogens is 287 g/mol. The smallest absolute Gasteiger partial charge is 0.310 e. The van der Waals surface area contributed by atoms with Crippen LogP contribution >= 0.6 is 23.2 Å². The Bertz CT molecular complexity index is 441. The van der Waals surface area contributed by atoms with Gasteiger partial charge in [-0.1, -0.05) is 11.6 Å². The van der Waals surface area contributed by atoms with Crippen LogP contribution in [0.1, 0.15) is 30.2 Å². The largest absolute Gasteiger partial charge is 0.466 e. The zero-order chi connectivity index (χ0) is 13.7. The molecule has 3 nitrogen and oxygen atoms in total. The second-order valence-electron chi connectivity index (χ2n) is 3.36. The van der Waals surface area contributed by atoms with Gasteiger partial charge in [0.2, 0.25) is 0 Å². The first-order chi connectivity index (χ1) is 8.51. The molecule has 0 aliphatic carbocycles. The third-order valence-corrected chi connectivity index (χ3v) is 2.84. The highest BCUT2D eigenvalue weighted by Crippen LogP contribution is 2.29. The quantitative estimate of drug-likeness (QED) is 0.617. The summed E-state index contributed by atoms with van der Waals surface area (Å²) in [5.74, 6) is -0.737. The minimum atomic E-state index is -2.77. The number of pyridine rings is 1. The molecule has 0 amide bonds. The fourth-order valence-electron chi connectivity index (χ4n) is 1.47. The van der Waals surface area contributed by atoms with E-state index in [-0.39, 0.29) is 35.1 Å². The van der Waals surface area contributed by atoms with E-state index in [0.717, 1.165) is 6.20 Å². The van der Waals surface area contributed by atoms with Crippen molar-refractivity contribution >= 4 is 29.2 Å². The maximum atomic E-state index is 12.7. The van der Waals surface area contributed by atoms with Gasteiger partial charge in [0.25, 0.3) is 6.43 Å². The van der Waals surface area contributed by atoms with E-state index in [1.165, 1.54) is 0 Å². The standard InChI is InChI=1S/C11H11Cl2F2NO2/c1-2-18-9(17)3-6-7(4-12)10(11(14)15)16-5-8(6)13/h5,11H,2-4H2,1H3. The number of hydrogen-bond donors (Lipinski definition) is 0. The molecule has 0 saturated heterocycles. The Balaban J connectivity index is 3.15. The first kappa shape index (κ1) is 15.1. The van der Waals surface area contributed by atoms with Gasteiger partial charge in [0, 0.05) is 12.1 Å². The average Bonchev–Trinajstić information content (AvgIpc) is 2.31. The summed E-state index contributed by atoms with van der Waals surface area (Å²) in [6.45, 7) is 1.86. The Kier molecular flexibility index (Phi) is 5.75. The summed E-state index contributed by atoms with van der Waals surface area (Å²) in [5.41, 5.74) is -0.115. The summed E-state index contributed by atoms with van der Waals surface area (Å²) in [6, 6.07) is 0. The van der Waals surface area contributed by atoms with Crippen molar-refractivity contribution in [1.82, 2.24) is 4.98 Å². The van der Waals surface area contributed by atoms with E-state index in [1.807, 2.05) is 0 Å². The van der Waals surface area contributed by atoms with Gasteiger partial charge in [-0.25, -0.2) is 8.78 Å². The molecule has 1 aromatic rings. The number of alkyl halides is 3. The molecule has 1 aromatic heterocycles. The van der Waals surface area contributed by atoms with Gasteiger partial charge in [-0.2, -0.15) is 0 Å². The Hall–Kier alpha value is -0.940. The van der Waals surface area contributed by atoms with E-state index in [0.29, 0.717) is 0 Å². The summed E-state index contributed by atoms with van der Waals surface area (Å²) in [7, 11) is 0. The summed E-state index contributed by atoms with van der Waals surface area (Å²) in [5, 5.41) is 0.128. The molecule has 18 heavy (non-hydrogen) atoms. The number of esters is 1. The number of aromatic nitrogens is 1. The third kappa shape index (κ3) is 3.53. The predicted molar refractivity (Wildman–Crippen MR) is 64.1 cm³/mol. The molecule has 0 aliphatic heterocycles. The number of ether oxygens (including phenoxy) is 1. The third-order valence-electron chi connectivity index (χ3n) is 2.25. The van der Waals surface area contributed by atoms with Crippen molar-refractivity contribution in [3.8, 4) is 0 Å². The lowest BCUT2D eigenvalue weighted by Crippen LogP contribution is -2.11. The Morgan fingerprint density at radius 3 is 2.67 bits per heavy atom. The topological polar surface area (TPSA) is 39.2 Å². The molecule has 0 unspecified atom stereocenters. The maximum Gasteiger partial charge on any atom is 0.310 e. The highest BCUT2D eigenvalue weighted by atomic mass is 35.5. The first-order valence-electron chi connectivity index (χ1n) is 5.17. The predicted octanol–water partition coefficient (Wildman–Crippen LogP) is 3.52. The molecule has 0 radical (unpaired) electrons. The number of nitrogens with zero attached hydrogens (tertiary/aromatic N) is 1. The number of rotatable bonds is 5. The van der Waals surface area contributed by atoms with Crippen LogP contribution in [-0.2, 0) is 21.8 Å². The van der Waals surface area contributed by atoms with E-state index in [2.05, 4.69) is 4.98 Å².